The van der Waals surface area contributed by atoms with Crippen LogP contribution in [0.15, 0.2) is 30.5 Å². The Morgan fingerprint density at radius 1 is 1.47 bits per heavy atom. The number of carbonyl (C=O) groups is 1. The molecular formula is C11H10N2O4. The van der Waals surface area contributed by atoms with Crippen molar-refractivity contribution in [2.75, 3.05) is 6.61 Å². The second-order valence-corrected chi connectivity index (χ2v) is 3.38. The Labute approximate surface area is 96.6 Å². The smallest absolute Gasteiger partial charge is 0.418 e. The lowest BCUT2D eigenvalue weighted by molar-refractivity contribution is -0.384. The Hall–Kier alpha value is -2.37. The molecule has 0 saturated heterocycles. The zero-order valence-corrected chi connectivity index (χ0v) is 9.12. The molecule has 1 aromatic heterocycles. The summed E-state index contributed by atoms with van der Waals surface area (Å²) in [4.78, 5) is 21.7. The minimum absolute atomic E-state index is 0.000825. The zero-order chi connectivity index (χ0) is 12.4. The van der Waals surface area contributed by atoms with Crippen LogP contribution in [0, 0.1) is 10.1 Å². The highest BCUT2D eigenvalue weighted by molar-refractivity contribution is 5.90. The summed E-state index contributed by atoms with van der Waals surface area (Å²) in [5, 5.41) is 11.2. The van der Waals surface area contributed by atoms with Gasteiger partial charge in [-0.15, -0.1) is 0 Å². The fraction of sp³-hybridized carbons (Fsp3) is 0.182. The van der Waals surface area contributed by atoms with Crippen molar-refractivity contribution in [3.63, 3.8) is 0 Å². The van der Waals surface area contributed by atoms with E-state index in [0.29, 0.717) is 10.9 Å². The van der Waals surface area contributed by atoms with Crippen LogP contribution in [0.3, 0.4) is 0 Å². The van der Waals surface area contributed by atoms with Gasteiger partial charge in [0.1, 0.15) is 0 Å². The van der Waals surface area contributed by atoms with Crippen LogP contribution in [0.4, 0.5) is 10.5 Å². The minimum Gasteiger partial charge on any atom is -0.449 e. The topological polar surface area (TPSA) is 74.4 Å². The number of nitro benzene ring substituents is 1. The van der Waals surface area contributed by atoms with E-state index in [0.717, 1.165) is 0 Å². The van der Waals surface area contributed by atoms with E-state index < -0.39 is 11.0 Å². The van der Waals surface area contributed by atoms with Crippen LogP contribution in [-0.4, -0.2) is 22.2 Å². The molecule has 0 aliphatic carbocycles. The monoisotopic (exact) mass is 234 g/mol. The first-order valence-corrected chi connectivity index (χ1v) is 5.06. The van der Waals surface area contributed by atoms with Gasteiger partial charge in [-0.25, -0.2) is 4.79 Å². The first-order chi connectivity index (χ1) is 8.13. The van der Waals surface area contributed by atoms with Crippen molar-refractivity contribution in [1.82, 2.24) is 4.57 Å². The maximum absolute atomic E-state index is 11.5. The summed E-state index contributed by atoms with van der Waals surface area (Å²) in [5.41, 5.74) is 0.591. The number of nitro groups is 1. The number of aromatic nitrogens is 1. The SMILES string of the molecule is CCOC(=O)n1ccc2cc([N+](=O)[O-])ccc21. The molecule has 88 valence electrons. The molecule has 6 heteroatoms. The van der Waals surface area contributed by atoms with E-state index in [1.807, 2.05) is 0 Å². The van der Waals surface area contributed by atoms with Crippen molar-refractivity contribution in [3.8, 4) is 0 Å². The summed E-state index contributed by atoms with van der Waals surface area (Å²) >= 11 is 0. The van der Waals surface area contributed by atoms with Crippen molar-refractivity contribution in [1.29, 1.82) is 0 Å². The third-order valence-corrected chi connectivity index (χ3v) is 2.35. The molecule has 17 heavy (non-hydrogen) atoms. The molecule has 6 nitrogen and oxygen atoms in total. The van der Waals surface area contributed by atoms with Crippen LogP contribution >= 0.6 is 0 Å². The van der Waals surface area contributed by atoms with E-state index in [4.69, 9.17) is 4.74 Å². The first-order valence-electron chi connectivity index (χ1n) is 5.06. The molecule has 0 fully saturated rings. The van der Waals surface area contributed by atoms with E-state index >= 15 is 0 Å². The van der Waals surface area contributed by atoms with Crippen LogP contribution in [-0.2, 0) is 4.74 Å². The number of nitrogens with zero attached hydrogens (tertiary/aromatic N) is 2. The van der Waals surface area contributed by atoms with Crippen molar-refractivity contribution in [3.05, 3.63) is 40.6 Å². The molecule has 0 aliphatic rings. The summed E-state index contributed by atoms with van der Waals surface area (Å²) in [6.07, 6.45) is 1.04. The van der Waals surface area contributed by atoms with Gasteiger partial charge in [-0.3, -0.25) is 14.7 Å². The van der Waals surface area contributed by atoms with Gasteiger partial charge in [0.15, 0.2) is 0 Å². The Morgan fingerprint density at radius 3 is 2.88 bits per heavy atom. The molecule has 0 amide bonds. The van der Waals surface area contributed by atoms with E-state index in [1.54, 1.807) is 13.0 Å². The first kappa shape index (κ1) is 11.1. The average Bonchev–Trinajstić information content (AvgIpc) is 2.71. The fourth-order valence-electron chi connectivity index (χ4n) is 1.60. The van der Waals surface area contributed by atoms with Crippen LogP contribution in [0.2, 0.25) is 0 Å². The number of benzene rings is 1. The van der Waals surface area contributed by atoms with Gasteiger partial charge in [0.05, 0.1) is 17.0 Å². The molecule has 1 heterocycles. The lowest BCUT2D eigenvalue weighted by Gasteiger charge is -2.03. The zero-order valence-electron chi connectivity index (χ0n) is 9.12. The van der Waals surface area contributed by atoms with Gasteiger partial charge in [-0.1, -0.05) is 0 Å². The van der Waals surface area contributed by atoms with Gasteiger partial charge in [-0.05, 0) is 19.1 Å². The second-order valence-electron chi connectivity index (χ2n) is 3.38. The van der Waals surface area contributed by atoms with Crippen molar-refractivity contribution in [2.24, 2.45) is 0 Å². The van der Waals surface area contributed by atoms with Gasteiger partial charge < -0.3 is 4.74 Å². The molecule has 0 aliphatic heterocycles. The maximum atomic E-state index is 11.5. The van der Waals surface area contributed by atoms with Gasteiger partial charge in [0, 0.05) is 23.7 Å². The molecule has 0 spiro atoms. The van der Waals surface area contributed by atoms with Crippen LogP contribution in [0.5, 0.6) is 0 Å². The summed E-state index contributed by atoms with van der Waals surface area (Å²) in [6.45, 7) is 2.00. The third kappa shape index (κ3) is 1.96. The second kappa shape index (κ2) is 4.25. The van der Waals surface area contributed by atoms with Crippen LogP contribution in [0.25, 0.3) is 10.9 Å². The highest BCUT2D eigenvalue weighted by Gasteiger charge is 2.12. The number of ether oxygens (including phenoxy) is 1. The number of fused-ring (bicyclic) bond motifs is 1. The van der Waals surface area contributed by atoms with E-state index in [1.165, 1.54) is 29.0 Å². The quantitative estimate of drug-likeness (QED) is 0.591. The van der Waals surface area contributed by atoms with Crippen molar-refractivity contribution < 1.29 is 14.5 Å². The Kier molecular flexibility index (Phi) is 2.78. The molecule has 0 N–H and O–H groups in total. The van der Waals surface area contributed by atoms with E-state index in [9.17, 15) is 14.9 Å². The minimum atomic E-state index is -0.489. The molecular weight excluding hydrogens is 224 g/mol. The summed E-state index contributed by atoms with van der Waals surface area (Å²) in [6, 6.07) is 5.95. The van der Waals surface area contributed by atoms with Crippen molar-refractivity contribution in [2.45, 2.75) is 6.92 Å². The van der Waals surface area contributed by atoms with Gasteiger partial charge >= 0.3 is 6.09 Å². The number of hydrogen-bond donors (Lipinski definition) is 0. The molecule has 0 bridgehead atoms. The molecule has 2 rings (SSSR count). The number of rotatable bonds is 2. The van der Waals surface area contributed by atoms with Crippen LogP contribution < -0.4 is 0 Å². The molecule has 0 radical (unpaired) electrons. The lowest BCUT2D eigenvalue weighted by Crippen LogP contribution is -2.11. The summed E-state index contributed by atoms with van der Waals surface area (Å²) in [5.74, 6) is 0. The largest absolute Gasteiger partial charge is 0.449 e. The highest BCUT2D eigenvalue weighted by Crippen LogP contribution is 2.21. The highest BCUT2D eigenvalue weighted by atomic mass is 16.6. The lowest BCUT2D eigenvalue weighted by atomic mass is 10.2. The predicted molar refractivity (Wildman–Crippen MR) is 61.0 cm³/mol. The molecule has 0 saturated carbocycles. The summed E-state index contributed by atoms with van der Waals surface area (Å²) in [7, 11) is 0. The molecule has 0 unspecified atom stereocenters. The average molecular weight is 234 g/mol. The van der Waals surface area contributed by atoms with E-state index in [2.05, 4.69) is 0 Å². The number of carbonyl (C=O) groups excluding carboxylic acids is 1. The van der Waals surface area contributed by atoms with Crippen molar-refractivity contribution >= 4 is 22.7 Å². The fourth-order valence-corrected chi connectivity index (χ4v) is 1.60. The Bertz CT molecular complexity index is 588. The Morgan fingerprint density at radius 2 is 2.24 bits per heavy atom. The molecule has 0 atom stereocenters. The van der Waals surface area contributed by atoms with E-state index in [-0.39, 0.29) is 12.3 Å². The Balaban J connectivity index is 2.48. The molecule has 2 aromatic rings. The predicted octanol–water partition coefficient (Wildman–Crippen LogP) is 2.55. The van der Waals surface area contributed by atoms with Crippen LogP contribution in [0.1, 0.15) is 6.92 Å². The number of non-ortho nitro benzene ring substituents is 1. The third-order valence-electron chi connectivity index (χ3n) is 2.35. The molecule has 1 aromatic carbocycles. The normalized spacial score (nSPS) is 10.4. The van der Waals surface area contributed by atoms with Gasteiger partial charge in [-0.2, -0.15) is 0 Å². The maximum Gasteiger partial charge on any atom is 0.418 e. The van der Waals surface area contributed by atoms with Gasteiger partial charge in [0.25, 0.3) is 5.69 Å². The standard InChI is InChI=1S/C11H10N2O4/c1-2-17-11(14)12-6-5-8-7-9(13(15)16)3-4-10(8)12/h3-7H,2H2,1H3. The number of hydrogen-bond acceptors (Lipinski definition) is 4. The summed E-state index contributed by atoms with van der Waals surface area (Å²) < 4.78 is 6.18. The van der Waals surface area contributed by atoms with Gasteiger partial charge in [0.2, 0.25) is 0 Å².